The summed E-state index contributed by atoms with van der Waals surface area (Å²) >= 11 is 1.70. The molecular formula is C16H19N3O2S. The largest absolute Gasteiger partial charge is 0.368 e. The molecule has 0 unspecified atom stereocenters. The molecule has 1 saturated heterocycles. The number of rotatable bonds is 2. The van der Waals surface area contributed by atoms with Crippen LogP contribution in [-0.2, 0) is 22.6 Å². The number of thiophene rings is 1. The fourth-order valence-corrected chi connectivity index (χ4v) is 3.85. The molecule has 2 aromatic heterocycles. The second-order valence-electron chi connectivity index (χ2n) is 5.84. The Kier molecular flexibility index (Phi) is 3.72. The number of aryl methyl sites for hydroxylation is 1. The summed E-state index contributed by atoms with van der Waals surface area (Å²) in [5.74, 6) is 0.143. The third-order valence-electron chi connectivity index (χ3n) is 4.30. The highest BCUT2D eigenvalue weighted by atomic mass is 32.1. The minimum atomic E-state index is -0.230. The molecule has 1 amide bonds. The predicted molar refractivity (Wildman–Crippen MR) is 84.5 cm³/mol. The van der Waals surface area contributed by atoms with Crippen molar-refractivity contribution in [3.63, 3.8) is 0 Å². The van der Waals surface area contributed by atoms with E-state index in [4.69, 9.17) is 9.84 Å². The SMILES string of the molecule is O=C([C@H]1CCCO1)N1CCCn2nc(-c3cccs3)cc2C1. The van der Waals surface area contributed by atoms with Crippen molar-refractivity contribution in [1.82, 2.24) is 14.7 Å². The van der Waals surface area contributed by atoms with Gasteiger partial charge in [0.05, 0.1) is 17.1 Å². The number of ether oxygens (including phenoxy) is 1. The zero-order valence-electron chi connectivity index (χ0n) is 12.4. The summed E-state index contributed by atoms with van der Waals surface area (Å²) in [6.07, 6.45) is 2.56. The second kappa shape index (κ2) is 5.85. The molecule has 0 N–H and O–H groups in total. The molecule has 6 heteroatoms. The number of nitrogens with zero attached hydrogens (tertiary/aromatic N) is 3. The van der Waals surface area contributed by atoms with Crippen LogP contribution >= 0.6 is 11.3 Å². The maximum absolute atomic E-state index is 12.6. The maximum atomic E-state index is 12.6. The van der Waals surface area contributed by atoms with E-state index < -0.39 is 0 Å². The monoisotopic (exact) mass is 317 g/mol. The number of amides is 1. The van der Waals surface area contributed by atoms with Gasteiger partial charge in [-0.3, -0.25) is 9.48 Å². The number of hydrogen-bond acceptors (Lipinski definition) is 4. The van der Waals surface area contributed by atoms with Crippen LogP contribution < -0.4 is 0 Å². The number of carbonyl (C=O) groups is 1. The first kappa shape index (κ1) is 14.0. The van der Waals surface area contributed by atoms with Gasteiger partial charge in [0, 0.05) is 19.7 Å². The van der Waals surface area contributed by atoms with E-state index in [0.717, 1.165) is 43.7 Å². The summed E-state index contributed by atoms with van der Waals surface area (Å²) in [7, 11) is 0. The molecule has 22 heavy (non-hydrogen) atoms. The first-order valence-corrected chi connectivity index (χ1v) is 8.70. The Morgan fingerprint density at radius 3 is 3.09 bits per heavy atom. The molecule has 4 heterocycles. The van der Waals surface area contributed by atoms with Crippen molar-refractivity contribution < 1.29 is 9.53 Å². The van der Waals surface area contributed by atoms with Crippen molar-refractivity contribution in [2.45, 2.75) is 38.5 Å². The summed E-state index contributed by atoms with van der Waals surface area (Å²) < 4.78 is 7.60. The van der Waals surface area contributed by atoms with Crippen LogP contribution in [0.25, 0.3) is 10.6 Å². The quantitative estimate of drug-likeness (QED) is 0.855. The van der Waals surface area contributed by atoms with Gasteiger partial charge in [0.15, 0.2) is 0 Å². The number of carbonyl (C=O) groups excluding carboxylic acids is 1. The number of fused-ring (bicyclic) bond motifs is 1. The van der Waals surface area contributed by atoms with Crippen molar-refractivity contribution in [3.05, 3.63) is 29.3 Å². The lowest BCUT2D eigenvalue weighted by molar-refractivity contribution is -0.141. The molecule has 5 nitrogen and oxygen atoms in total. The molecule has 0 spiro atoms. The fourth-order valence-electron chi connectivity index (χ4n) is 3.17. The average Bonchev–Trinajstić information content (AvgIpc) is 3.26. The zero-order valence-corrected chi connectivity index (χ0v) is 13.2. The highest BCUT2D eigenvalue weighted by Gasteiger charge is 2.30. The van der Waals surface area contributed by atoms with Gasteiger partial charge in [-0.2, -0.15) is 5.10 Å². The molecule has 0 aromatic carbocycles. The summed E-state index contributed by atoms with van der Waals surface area (Å²) in [5, 5.41) is 6.77. The molecule has 2 aliphatic heterocycles. The third-order valence-corrected chi connectivity index (χ3v) is 5.20. The van der Waals surface area contributed by atoms with Crippen molar-refractivity contribution in [2.24, 2.45) is 0 Å². The van der Waals surface area contributed by atoms with E-state index in [9.17, 15) is 4.79 Å². The maximum Gasteiger partial charge on any atom is 0.252 e. The van der Waals surface area contributed by atoms with Gasteiger partial charge in [0.25, 0.3) is 5.91 Å². The first-order chi connectivity index (χ1) is 10.8. The normalized spacial score (nSPS) is 21.6. The van der Waals surface area contributed by atoms with Gasteiger partial charge in [-0.05, 0) is 36.8 Å². The van der Waals surface area contributed by atoms with Crippen LogP contribution in [0.1, 0.15) is 25.0 Å². The highest BCUT2D eigenvalue weighted by Crippen LogP contribution is 2.26. The van der Waals surface area contributed by atoms with E-state index >= 15 is 0 Å². The molecule has 0 bridgehead atoms. The van der Waals surface area contributed by atoms with Gasteiger partial charge in [-0.15, -0.1) is 11.3 Å². The second-order valence-corrected chi connectivity index (χ2v) is 6.78. The third kappa shape index (κ3) is 2.57. The molecule has 1 atom stereocenters. The lowest BCUT2D eigenvalue weighted by atomic mass is 10.2. The van der Waals surface area contributed by atoms with Crippen LogP contribution in [0.4, 0.5) is 0 Å². The average molecular weight is 317 g/mol. The molecule has 116 valence electrons. The Labute approximate surface area is 133 Å². The van der Waals surface area contributed by atoms with Gasteiger partial charge < -0.3 is 9.64 Å². The number of hydrogen-bond donors (Lipinski definition) is 0. The van der Waals surface area contributed by atoms with E-state index in [1.807, 2.05) is 11.0 Å². The summed E-state index contributed by atoms with van der Waals surface area (Å²) in [6.45, 7) is 3.01. The summed E-state index contributed by atoms with van der Waals surface area (Å²) in [6, 6.07) is 6.24. The van der Waals surface area contributed by atoms with Gasteiger partial charge in [-0.25, -0.2) is 0 Å². The van der Waals surface area contributed by atoms with Crippen molar-refractivity contribution in [1.29, 1.82) is 0 Å². The molecular weight excluding hydrogens is 298 g/mol. The van der Waals surface area contributed by atoms with Crippen LogP contribution in [0.3, 0.4) is 0 Å². The smallest absolute Gasteiger partial charge is 0.252 e. The van der Waals surface area contributed by atoms with Crippen molar-refractivity contribution in [3.8, 4) is 10.6 Å². The van der Waals surface area contributed by atoms with Crippen LogP contribution in [0.15, 0.2) is 23.6 Å². The van der Waals surface area contributed by atoms with E-state index in [1.54, 1.807) is 11.3 Å². The molecule has 2 aliphatic rings. The molecule has 1 fully saturated rings. The Morgan fingerprint density at radius 1 is 1.36 bits per heavy atom. The Bertz CT molecular complexity index is 659. The Morgan fingerprint density at radius 2 is 2.32 bits per heavy atom. The molecule has 2 aromatic rings. The predicted octanol–water partition coefficient (Wildman–Crippen LogP) is 2.52. The Balaban J connectivity index is 1.56. The van der Waals surface area contributed by atoms with Crippen molar-refractivity contribution in [2.75, 3.05) is 13.2 Å². The minimum absolute atomic E-state index is 0.143. The fraction of sp³-hybridized carbons (Fsp3) is 0.500. The van der Waals surface area contributed by atoms with E-state index in [-0.39, 0.29) is 12.0 Å². The van der Waals surface area contributed by atoms with Crippen LogP contribution in [-0.4, -0.2) is 39.8 Å². The standard InChI is InChI=1S/C16H19N3O2S/c20-16(14-4-1-8-21-14)18-6-3-7-19-12(11-18)10-13(17-19)15-5-2-9-22-15/h2,5,9-10,14H,1,3-4,6-8,11H2/t14-/m1/s1. The van der Waals surface area contributed by atoms with E-state index in [2.05, 4.69) is 22.2 Å². The van der Waals surface area contributed by atoms with E-state index in [1.165, 1.54) is 4.88 Å². The molecule has 0 radical (unpaired) electrons. The molecule has 4 rings (SSSR count). The summed E-state index contributed by atoms with van der Waals surface area (Å²) in [5.41, 5.74) is 2.13. The topological polar surface area (TPSA) is 47.4 Å². The zero-order chi connectivity index (χ0) is 14.9. The van der Waals surface area contributed by atoms with Crippen LogP contribution in [0.2, 0.25) is 0 Å². The van der Waals surface area contributed by atoms with E-state index in [0.29, 0.717) is 13.2 Å². The Hall–Kier alpha value is -1.66. The molecule has 0 aliphatic carbocycles. The van der Waals surface area contributed by atoms with Gasteiger partial charge >= 0.3 is 0 Å². The minimum Gasteiger partial charge on any atom is -0.368 e. The highest BCUT2D eigenvalue weighted by molar-refractivity contribution is 7.13. The van der Waals surface area contributed by atoms with Crippen LogP contribution in [0.5, 0.6) is 0 Å². The number of aromatic nitrogens is 2. The van der Waals surface area contributed by atoms with Gasteiger partial charge in [-0.1, -0.05) is 6.07 Å². The molecule has 0 saturated carbocycles. The first-order valence-electron chi connectivity index (χ1n) is 7.82. The van der Waals surface area contributed by atoms with Crippen LogP contribution in [0, 0.1) is 0 Å². The lowest BCUT2D eigenvalue weighted by Gasteiger charge is -2.23. The van der Waals surface area contributed by atoms with Crippen molar-refractivity contribution >= 4 is 17.2 Å². The van der Waals surface area contributed by atoms with Gasteiger partial charge in [0.1, 0.15) is 11.8 Å². The summed E-state index contributed by atoms with van der Waals surface area (Å²) in [4.78, 5) is 15.7. The van der Waals surface area contributed by atoms with Gasteiger partial charge in [0.2, 0.25) is 0 Å². The lowest BCUT2D eigenvalue weighted by Crippen LogP contribution is -2.38.